The fourth-order valence-corrected chi connectivity index (χ4v) is 3.70. The van der Waals surface area contributed by atoms with Crippen molar-refractivity contribution in [2.75, 3.05) is 5.75 Å². The number of alkyl halides is 3. The Morgan fingerprint density at radius 3 is 2.50 bits per heavy atom. The predicted octanol–water partition coefficient (Wildman–Crippen LogP) is 4.99. The second-order valence-corrected chi connectivity index (χ2v) is 6.81. The van der Waals surface area contributed by atoms with Crippen molar-refractivity contribution in [3.05, 3.63) is 64.4 Å². The number of thioether (sulfide) groups is 1. The van der Waals surface area contributed by atoms with Crippen LogP contribution in [0, 0.1) is 0 Å². The zero-order valence-corrected chi connectivity index (χ0v) is 14.9. The summed E-state index contributed by atoms with van der Waals surface area (Å²) in [7, 11) is 0. The molecular formula is C19H17F3N2OS. The molecule has 0 aliphatic heterocycles. The third kappa shape index (κ3) is 3.93. The van der Waals surface area contributed by atoms with E-state index in [1.54, 1.807) is 36.4 Å². The van der Waals surface area contributed by atoms with E-state index in [1.807, 2.05) is 19.1 Å². The van der Waals surface area contributed by atoms with Crippen molar-refractivity contribution in [2.24, 2.45) is 0 Å². The molecule has 136 valence electrons. The zero-order chi connectivity index (χ0) is 18.7. The molecule has 7 heteroatoms. The van der Waals surface area contributed by atoms with Gasteiger partial charge in [0, 0.05) is 5.75 Å². The van der Waals surface area contributed by atoms with Gasteiger partial charge < -0.3 is 0 Å². The van der Waals surface area contributed by atoms with E-state index in [-0.39, 0.29) is 16.5 Å². The molecule has 0 amide bonds. The molecule has 0 aliphatic carbocycles. The van der Waals surface area contributed by atoms with E-state index in [0.29, 0.717) is 23.0 Å². The summed E-state index contributed by atoms with van der Waals surface area (Å²) in [6.45, 7) is 1.97. The Hall–Kier alpha value is -2.28. The molecule has 0 bridgehead atoms. The monoisotopic (exact) mass is 378 g/mol. The minimum Gasteiger partial charge on any atom is -0.268 e. The molecule has 0 radical (unpaired) electrons. The predicted molar refractivity (Wildman–Crippen MR) is 98.1 cm³/mol. The van der Waals surface area contributed by atoms with Gasteiger partial charge in [-0.2, -0.15) is 13.2 Å². The Morgan fingerprint density at radius 1 is 1.08 bits per heavy atom. The van der Waals surface area contributed by atoms with E-state index in [4.69, 9.17) is 0 Å². The number of halogens is 3. The maximum absolute atomic E-state index is 13.1. The van der Waals surface area contributed by atoms with Gasteiger partial charge in [0.25, 0.3) is 5.56 Å². The van der Waals surface area contributed by atoms with Crippen molar-refractivity contribution in [2.45, 2.75) is 31.1 Å². The van der Waals surface area contributed by atoms with Gasteiger partial charge in [0.15, 0.2) is 5.16 Å². The van der Waals surface area contributed by atoms with Crippen LogP contribution in [0.1, 0.15) is 18.9 Å². The van der Waals surface area contributed by atoms with Crippen LogP contribution in [0.4, 0.5) is 13.2 Å². The fourth-order valence-electron chi connectivity index (χ4n) is 2.71. The molecule has 0 unspecified atom stereocenters. The van der Waals surface area contributed by atoms with Crippen LogP contribution in [0.3, 0.4) is 0 Å². The van der Waals surface area contributed by atoms with E-state index < -0.39 is 12.6 Å². The van der Waals surface area contributed by atoms with E-state index in [0.717, 1.165) is 17.3 Å². The summed E-state index contributed by atoms with van der Waals surface area (Å²) >= 11 is 0.949. The molecule has 3 nitrogen and oxygen atoms in total. The lowest BCUT2D eigenvalue weighted by molar-refractivity contribution is -0.129. The van der Waals surface area contributed by atoms with Gasteiger partial charge in [-0.05, 0) is 30.2 Å². The molecule has 0 spiro atoms. The van der Waals surface area contributed by atoms with E-state index in [9.17, 15) is 18.0 Å². The van der Waals surface area contributed by atoms with Gasteiger partial charge in [0.1, 0.15) is 0 Å². The van der Waals surface area contributed by atoms with E-state index in [1.165, 1.54) is 4.57 Å². The smallest absolute Gasteiger partial charge is 0.268 e. The Balaban J connectivity index is 2.16. The topological polar surface area (TPSA) is 34.9 Å². The van der Waals surface area contributed by atoms with Crippen LogP contribution in [0.25, 0.3) is 16.6 Å². The number of hydrogen-bond acceptors (Lipinski definition) is 3. The highest BCUT2D eigenvalue weighted by atomic mass is 32.2. The van der Waals surface area contributed by atoms with Crippen LogP contribution in [-0.4, -0.2) is 21.5 Å². The molecular weight excluding hydrogens is 361 g/mol. The van der Waals surface area contributed by atoms with Crippen LogP contribution < -0.4 is 5.56 Å². The number of fused-ring (bicyclic) bond motifs is 1. The molecule has 3 aromatic rings. The van der Waals surface area contributed by atoms with Gasteiger partial charge in [0.2, 0.25) is 0 Å². The van der Waals surface area contributed by atoms with Crippen molar-refractivity contribution >= 4 is 22.7 Å². The summed E-state index contributed by atoms with van der Waals surface area (Å²) in [5.74, 6) is -0.192. The maximum atomic E-state index is 13.1. The van der Waals surface area contributed by atoms with Crippen LogP contribution in [0.15, 0.2) is 58.5 Å². The van der Waals surface area contributed by atoms with Gasteiger partial charge >= 0.3 is 6.18 Å². The Kier molecular flexibility index (Phi) is 5.36. The summed E-state index contributed by atoms with van der Waals surface area (Å²) in [5.41, 5.74) is 1.81. The summed E-state index contributed by atoms with van der Waals surface area (Å²) in [6.07, 6.45) is -4.48. The van der Waals surface area contributed by atoms with Gasteiger partial charge in [0.05, 0.1) is 23.0 Å². The maximum Gasteiger partial charge on any atom is 0.389 e. The first-order valence-corrected chi connectivity index (χ1v) is 9.19. The number of rotatable bonds is 5. The Bertz CT molecular complexity index is 982. The lowest BCUT2D eigenvalue weighted by atomic mass is 10.1. The van der Waals surface area contributed by atoms with Crippen LogP contribution in [0.5, 0.6) is 0 Å². The first-order chi connectivity index (χ1) is 12.4. The number of aromatic nitrogens is 2. The number of aryl methyl sites for hydroxylation is 1. The van der Waals surface area contributed by atoms with E-state index in [2.05, 4.69) is 4.98 Å². The Morgan fingerprint density at radius 2 is 1.77 bits per heavy atom. The van der Waals surface area contributed by atoms with Gasteiger partial charge in [-0.1, -0.05) is 49.0 Å². The molecule has 0 atom stereocenters. The average molecular weight is 378 g/mol. The number of nitrogens with zero attached hydrogens (tertiary/aromatic N) is 2. The third-order valence-corrected chi connectivity index (χ3v) is 4.92. The number of benzene rings is 2. The van der Waals surface area contributed by atoms with Crippen molar-refractivity contribution in [3.8, 4) is 5.69 Å². The van der Waals surface area contributed by atoms with Crippen molar-refractivity contribution in [1.82, 2.24) is 9.55 Å². The van der Waals surface area contributed by atoms with Crippen LogP contribution in [0.2, 0.25) is 0 Å². The lowest BCUT2D eigenvalue weighted by Gasteiger charge is -2.16. The molecule has 1 aromatic heterocycles. The first-order valence-electron chi connectivity index (χ1n) is 8.20. The molecule has 0 saturated heterocycles. The fraction of sp³-hybridized carbons (Fsp3) is 0.263. The highest BCUT2D eigenvalue weighted by molar-refractivity contribution is 7.99. The molecule has 26 heavy (non-hydrogen) atoms. The first kappa shape index (κ1) is 18.5. The van der Waals surface area contributed by atoms with E-state index >= 15 is 0 Å². The normalized spacial score (nSPS) is 11.8. The highest BCUT2D eigenvalue weighted by Gasteiger charge is 2.27. The largest absolute Gasteiger partial charge is 0.389 e. The summed E-state index contributed by atoms with van der Waals surface area (Å²) < 4.78 is 39.0. The average Bonchev–Trinajstić information content (AvgIpc) is 2.61. The SMILES string of the molecule is CCc1ccccc1-n1c(SCCC(F)(F)F)nc2ccccc2c1=O. The molecule has 0 N–H and O–H groups in total. The van der Waals surface area contributed by atoms with Crippen molar-refractivity contribution in [3.63, 3.8) is 0 Å². The number of para-hydroxylation sites is 2. The third-order valence-electron chi connectivity index (χ3n) is 3.98. The summed E-state index contributed by atoms with van der Waals surface area (Å²) in [5, 5.41) is 0.720. The Labute approximate surface area is 152 Å². The molecule has 2 aromatic carbocycles. The standard InChI is InChI=1S/C19H17F3N2OS/c1-2-13-7-3-6-10-16(13)24-17(25)14-8-4-5-9-15(14)23-18(24)26-12-11-19(20,21)22/h3-10H,2,11-12H2,1H3. The lowest BCUT2D eigenvalue weighted by Crippen LogP contribution is -2.23. The number of hydrogen-bond donors (Lipinski definition) is 0. The van der Waals surface area contributed by atoms with Gasteiger partial charge in [-0.25, -0.2) is 4.98 Å². The second kappa shape index (κ2) is 7.53. The van der Waals surface area contributed by atoms with Crippen LogP contribution >= 0.6 is 11.8 Å². The van der Waals surface area contributed by atoms with Gasteiger partial charge in [-0.3, -0.25) is 9.36 Å². The summed E-state index contributed by atoms with van der Waals surface area (Å²) in [4.78, 5) is 17.5. The van der Waals surface area contributed by atoms with Gasteiger partial charge in [-0.15, -0.1) is 0 Å². The second-order valence-electron chi connectivity index (χ2n) is 5.75. The minimum atomic E-state index is -4.24. The molecule has 0 aliphatic rings. The zero-order valence-electron chi connectivity index (χ0n) is 14.1. The minimum absolute atomic E-state index is 0.192. The highest BCUT2D eigenvalue weighted by Crippen LogP contribution is 2.27. The molecule has 3 rings (SSSR count). The molecule has 0 saturated carbocycles. The van der Waals surface area contributed by atoms with Crippen molar-refractivity contribution < 1.29 is 13.2 Å². The molecule has 1 heterocycles. The summed E-state index contributed by atoms with van der Waals surface area (Å²) in [6, 6.07) is 14.3. The molecule has 0 fully saturated rings. The quantitative estimate of drug-likeness (QED) is 0.463. The van der Waals surface area contributed by atoms with Crippen molar-refractivity contribution in [1.29, 1.82) is 0 Å². The van der Waals surface area contributed by atoms with Crippen LogP contribution in [-0.2, 0) is 6.42 Å².